The zero-order valence-corrected chi connectivity index (χ0v) is 17.8. The molecule has 0 aliphatic carbocycles. The van der Waals surface area contributed by atoms with Gasteiger partial charge in [-0.15, -0.1) is 0 Å². The second kappa shape index (κ2) is 19.3. The van der Waals surface area contributed by atoms with E-state index in [4.69, 9.17) is 29.8 Å². The highest BCUT2D eigenvalue weighted by molar-refractivity contribution is 7.47. The maximum Gasteiger partial charge on any atom is 0.472 e. The number of phosphoric ester groups is 1. The van der Waals surface area contributed by atoms with Gasteiger partial charge < -0.3 is 40.0 Å². The average molecular weight is 446 g/mol. The summed E-state index contributed by atoms with van der Waals surface area (Å²) in [6.07, 6.45) is -0.745. The fourth-order valence-electron chi connectivity index (χ4n) is 1.69. The largest absolute Gasteiger partial charge is 0.472 e. The number of carbonyl (C=O) groups excluding carboxylic acids is 1. The highest BCUT2D eigenvalue weighted by Gasteiger charge is 2.21. The van der Waals surface area contributed by atoms with E-state index >= 15 is 0 Å². The van der Waals surface area contributed by atoms with Gasteiger partial charge in [0, 0.05) is 19.5 Å². The highest BCUT2D eigenvalue weighted by Crippen LogP contribution is 2.42. The molecule has 0 spiro atoms. The summed E-state index contributed by atoms with van der Waals surface area (Å²) in [5, 5.41) is 11.5. The molecular formula is C16H35N2O10P. The first-order valence-corrected chi connectivity index (χ1v) is 10.9. The number of aliphatic hydroxyl groups is 1. The molecule has 0 aromatic rings. The van der Waals surface area contributed by atoms with Crippen molar-refractivity contribution in [3.63, 3.8) is 0 Å². The molecule has 0 saturated heterocycles. The molecule has 1 unspecified atom stereocenters. The van der Waals surface area contributed by atoms with Crippen LogP contribution in [0.1, 0.15) is 13.3 Å². The Morgan fingerprint density at radius 2 is 1.45 bits per heavy atom. The minimum absolute atomic E-state index is 0.0434. The number of rotatable bonds is 21. The van der Waals surface area contributed by atoms with E-state index in [1.807, 2.05) is 0 Å². The van der Waals surface area contributed by atoms with Crippen LogP contribution < -0.4 is 11.1 Å². The monoisotopic (exact) mass is 446 g/mol. The van der Waals surface area contributed by atoms with Crippen molar-refractivity contribution >= 4 is 13.7 Å². The first-order chi connectivity index (χ1) is 13.9. The maximum absolute atomic E-state index is 11.6. The highest BCUT2D eigenvalue weighted by atomic mass is 31.2. The Hall–Kier alpha value is -0.660. The predicted octanol–water partition coefficient (Wildman–Crippen LogP) is -0.968. The molecule has 0 aliphatic rings. The number of phosphoric acid groups is 1. The molecule has 0 aliphatic heterocycles. The van der Waals surface area contributed by atoms with Crippen molar-refractivity contribution < 1.29 is 47.4 Å². The van der Waals surface area contributed by atoms with Crippen LogP contribution in [0.3, 0.4) is 0 Å². The quantitative estimate of drug-likeness (QED) is 0.126. The van der Waals surface area contributed by atoms with Crippen LogP contribution in [0.5, 0.6) is 0 Å². The van der Waals surface area contributed by atoms with E-state index in [-0.39, 0.29) is 38.7 Å². The molecule has 0 aromatic heterocycles. The van der Waals surface area contributed by atoms with E-state index < -0.39 is 13.9 Å². The van der Waals surface area contributed by atoms with Gasteiger partial charge in [0.1, 0.15) is 0 Å². The molecule has 13 heteroatoms. The van der Waals surface area contributed by atoms with Crippen molar-refractivity contribution in [2.45, 2.75) is 19.4 Å². The van der Waals surface area contributed by atoms with Crippen LogP contribution in [0, 0.1) is 0 Å². The van der Waals surface area contributed by atoms with Crippen molar-refractivity contribution in [3.05, 3.63) is 0 Å². The minimum atomic E-state index is -4.23. The molecule has 5 N–H and O–H groups in total. The number of hydrogen-bond donors (Lipinski definition) is 4. The van der Waals surface area contributed by atoms with Crippen LogP contribution in [0.25, 0.3) is 0 Å². The summed E-state index contributed by atoms with van der Waals surface area (Å²) in [5.74, 6) is -0.280. The lowest BCUT2D eigenvalue weighted by atomic mass is 10.4. The average Bonchev–Trinajstić information content (AvgIpc) is 2.67. The number of nitrogens with two attached hydrogens (primary N) is 1. The molecule has 29 heavy (non-hydrogen) atoms. The van der Waals surface area contributed by atoms with Gasteiger partial charge in [-0.25, -0.2) is 4.57 Å². The molecule has 0 bridgehead atoms. The number of aliphatic hydroxyl groups excluding tert-OH is 1. The lowest BCUT2D eigenvalue weighted by Crippen LogP contribution is -2.28. The molecule has 1 amide bonds. The molecular weight excluding hydrogens is 411 g/mol. The van der Waals surface area contributed by atoms with Crippen LogP contribution in [0.4, 0.5) is 0 Å². The summed E-state index contributed by atoms with van der Waals surface area (Å²) in [6.45, 7) is 4.81. The summed E-state index contributed by atoms with van der Waals surface area (Å²) >= 11 is 0. The summed E-state index contributed by atoms with van der Waals surface area (Å²) in [4.78, 5) is 20.9. The van der Waals surface area contributed by atoms with Crippen LogP contribution in [0.15, 0.2) is 0 Å². The second-order valence-electron chi connectivity index (χ2n) is 5.78. The number of hydrogen-bond acceptors (Lipinski definition) is 10. The number of carbonyl (C=O) groups is 1. The Kier molecular flexibility index (Phi) is 18.9. The fraction of sp³-hybridized carbons (Fsp3) is 0.938. The van der Waals surface area contributed by atoms with Gasteiger partial charge in [0.25, 0.3) is 0 Å². The molecule has 0 saturated carbocycles. The number of amides is 1. The van der Waals surface area contributed by atoms with E-state index in [1.54, 1.807) is 0 Å². The Labute approximate surface area is 171 Å². The Balaban J connectivity index is 3.37. The van der Waals surface area contributed by atoms with E-state index in [0.29, 0.717) is 52.8 Å². The predicted molar refractivity (Wildman–Crippen MR) is 103 cm³/mol. The van der Waals surface area contributed by atoms with Gasteiger partial charge >= 0.3 is 7.82 Å². The summed E-state index contributed by atoms with van der Waals surface area (Å²) in [7, 11) is -4.23. The van der Waals surface area contributed by atoms with Crippen molar-refractivity contribution in [1.29, 1.82) is 0 Å². The van der Waals surface area contributed by atoms with E-state index in [0.717, 1.165) is 0 Å². The van der Waals surface area contributed by atoms with Crippen LogP contribution in [-0.2, 0) is 37.4 Å². The summed E-state index contributed by atoms with van der Waals surface area (Å²) < 4.78 is 41.6. The van der Waals surface area contributed by atoms with E-state index in [2.05, 4.69) is 14.4 Å². The topological polar surface area (TPSA) is 168 Å². The van der Waals surface area contributed by atoms with Gasteiger partial charge in [-0.2, -0.15) is 0 Å². The standard InChI is InChI=1S/C16H35N2O10P/c1-15(19)14-28-29(21,22)27-7-4-18-16(20)2-5-23-8-10-25-12-13-26-11-9-24-6-3-17/h15,19H,2-14,17H2,1H3,(H,18,20)(H,21,22)/t15-/m1/s1. The molecule has 2 atom stereocenters. The third-order valence-electron chi connectivity index (χ3n) is 3.01. The number of nitrogens with one attached hydrogen (secondary N) is 1. The molecule has 0 radical (unpaired) electrons. The lowest BCUT2D eigenvalue weighted by Gasteiger charge is -2.13. The van der Waals surface area contributed by atoms with Crippen LogP contribution >= 0.6 is 7.82 Å². The van der Waals surface area contributed by atoms with Gasteiger partial charge in [0.15, 0.2) is 0 Å². The molecule has 0 fully saturated rings. The summed E-state index contributed by atoms with van der Waals surface area (Å²) in [6, 6.07) is 0. The van der Waals surface area contributed by atoms with Gasteiger partial charge in [-0.3, -0.25) is 13.8 Å². The van der Waals surface area contributed by atoms with Crippen molar-refractivity contribution in [3.8, 4) is 0 Å². The Morgan fingerprint density at radius 1 is 0.931 bits per heavy atom. The molecule has 0 rings (SSSR count). The van der Waals surface area contributed by atoms with Gasteiger partial charge in [0.2, 0.25) is 5.91 Å². The number of ether oxygens (including phenoxy) is 4. The minimum Gasteiger partial charge on any atom is -0.391 e. The zero-order chi connectivity index (χ0) is 21.8. The summed E-state index contributed by atoms with van der Waals surface area (Å²) in [5.41, 5.74) is 5.28. The third kappa shape index (κ3) is 21.9. The Bertz CT molecular complexity index is 442. The van der Waals surface area contributed by atoms with Crippen LogP contribution in [-0.4, -0.2) is 101 Å². The Morgan fingerprint density at radius 3 is 1.97 bits per heavy atom. The van der Waals surface area contributed by atoms with Crippen molar-refractivity contribution in [1.82, 2.24) is 5.32 Å². The smallest absolute Gasteiger partial charge is 0.391 e. The molecule has 0 heterocycles. The van der Waals surface area contributed by atoms with Gasteiger partial charge in [-0.1, -0.05) is 0 Å². The lowest BCUT2D eigenvalue weighted by molar-refractivity contribution is -0.122. The first-order valence-electron chi connectivity index (χ1n) is 9.45. The zero-order valence-electron chi connectivity index (χ0n) is 17.0. The molecule has 0 aromatic carbocycles. The van der Waals surface area contributed by atoms with Crippen molar-refractivity contribution in [2.24, 2.45) is 5.73 Å². The second-order valence-corrected chi connectivity index (χ2v) is 7.24. The first kappa shape index (κ1) is 28.3. The van der Waals surface area contributed by atoms with Crippen LogP contribution in [0.2, 0.25) is 0 Å². The van der Waals surface area contributed by atoms with Gasteiger partial charge in [-0.05, 0) is 6.92 Å². The fourth-order valence-corrected chi connectivity index (χ4v) is 2.49. The van der Waals surface area contributed by atoms with E-state index in [9.17, 15) is 14.3 Å². The molecule has 12 nitrogen and oxygen atoms in total. The van der Waals surface area contributed by atoms with E-state index in [1.165, 1.54) is 6.92 Å². The van der Waals surface area contributed by atoms with Gasteiger partial charge in [0.05, 0.1) is 72.2 Å². The maximum atomic E-state index is 11.6. The SMILES string of the molecule is C[C@@H](O)COP(=O)(O)OCCNC(=O)CCOCCOCCOCCOCCN. The normalized spacial score (nSPS) is 14.5. The molecule has 174 valence electrons. The van der Waals surface area contributed by atoms with Crippen molar-refractivity contribution in [2.75, 3.05) is 79.2 Å². The third-order valence-corrected chi connectivity index (χ3v) is 3.99.